The Morgan fingerprint density at radius 2 is 2.24 bits per heavy atom. The maximum absolute atomic E-state index is 11.3. The van der Waals surface area contributed by atoms with Crippen molar-refractivity contribution in [3.8, 4) is 0 Å². The van der Waals surface area contributed by atoms with Crippen molar-refractivity contribution in [2.45, 2.75) is 38.7 Å². The van der Waals surface area contributed by atoms with Gasteiger partial charge in [0.15, 0.2) is 0 Å². The van der Waals surface area contributed by atoms with Crippen molar-refractivity contribution >= 4 is 23.0 Å². The van der Waals surface area contributed by atoms with Crippen LogP contribution in [-0.4, -0.2) is 28.2 Å². The Hall–Kier alpha value is -0.970. The fraction of sp³-hybridized carbons (Fsp3) is 0.667. The molecule has 0 bridgehead atoms. The SMILES string of the molecule is CCSC(=O)OC1/C=C/CC(C(=O)O)CCC1. The van der Waals surface area contributed by atoms with Crippen LogP contribution in [0.5, 0.6) is 0 Å². The van der Waals surface area contributed by atoms with Gasteiger partial charge in [0.1, 0.15) is 6.10 Å². The molecule has 1 rings (SSSR count). The lowest BCUT2D eigenvalue weighted by molar-refractivity contribution is -0.142. The third kappa shape index (κ3) is 5.26. The number of carbonyl (C=O) groups is 2. The molecule has 0 aromatic carbocycles. The van der Waals surface area contributed by atoms with Gasteiger partial charge >= 0.3 is 11.3 Å². The van der Waals surface area contributed by atoms with Crippen LogP contribution < -0.4 is 0 Å². The molecule has 5 heteroatoms. The van der Waals surface area contributed by atoms with Gasteiger partial charge in [-0.1, -0.05) is 13.0 Å². The van der Waals surface area contributed by atoms with Crippen LogP contribution in [0.4, 0.5) is 4.79 Å². The highest BCUT2D eigenvalue weighted by atomic mass is 32.2. The van der Waals surface area contributed by atoms with Gasteiger partial charge in [0, 0.05) is 5.75 Å². The molecule has 1 aliphatic carbocycles. The summed E-state index contributed by atoms with van der Waals surface area (Å²) in [4.78, 5) is 22.1. The first kappa shape index (κ1) is 14.1. The van der Waals surface area contributed by atoms with E-state index in [1.807, 2.05) is 19.1 Å². The summed E-state index contributed by atoms with van der Waals surface area (Å²) in [7, 11) is 0. The number of aliphatic carboxylic acids is 1. The molecule has 0 radical (unpaired) electrons. The minimum Gasteiger partial charge on any atom is -0.481 e. The number of carboxylic acids is 1. The number of hydrogen-bond acceptors (Lipinski definition) is 4. The molecule has 0 aromatic heterocycles. The van der Waals surface area contributed by atoms with E-state index in [9.17, 15) is 9.59 Å². The number of rotatable bonds is 3. The quantitative estimate of drug-likeness (QED) is 0.622. The fourth-order valence-electron chi connectivity index (χ4n) is 1.77. The van der Waals surface area contributed by atoms with E-state index < -0.39 is 5.97 Å². The van der Waals surface area contributed by atoms with E-state index in [0.717, 1.165) is 18.2 Å². The second-order valence-electron chi connectivity index (χ2n) is 3.97. The van der Waals surface area contributed by atoms with E-state index in [1.54, 1.807) is 0 Å². The molecule has 17 heavy (non-hydrogen) atoms. The standard InChI is InChI=1S/C12H18O4S/c1-2-17-12(15)16-10-7-3-5-9(11(13)14)6-4-8-10/h3,7,9-10H,2,4-6,8H2,1H3,(H,13,14)/b7-3+. The van der Waals surface area contributed by atoms with E-state index in [-0.39, 0.29) is 17.3 Å². The Morgan fingerprint density at radius 1 is 1.47 bits per heavy atom. The van der Waals surface area contributed by atoms with Gasteiger partial charge in [-0.05, 0) is 43.5 Å². The fourth-order valence-corrected chi connectivity index (χ4v) is 2.20. The number of thioether (sulfide) groups is 1. The number of carboxylic acid groups (broad SMARTS) is 1. The summed E-state index contributed by atoms with van der Waals surface area (Å²) in [6.07, 6.45) is 6.07. The molecule has 96 valence electrons. The lowest BCUT2D eigenvalue weighted by atomic mass is 9.94. The molecular weight excluding hydrogens is 240 g/mol. The number of ether oxygens (including phenoxy) is 1. The summed E-state index contributed by atoms with van der Waals surface area (Å²) in [5.41, 5.74) is 0. The molecule has 0 fully saturated rings. The zero-order valence-corrected chi connectivity index (χ0v) is 10.7. The third-order valence-corrected chi connectivity index (χ3v) is 3.29. The smallest absolute Gasteiger partial charge is 0.367 e. The highest BCUT2D eigenvalue weighted by molar-refractivity contribution is 8.13. The molecule has 0 spiro atoms. The maximum atomic E-state index is 11.3. The van der Waals surface area contributed by atoms with Gasteiger partial charge in [-0.15, -0.1) is 0 Å². The van der Waals surface area contributed by atoms with Crippen molar-refractivity contribution in [1.29, 1.82) is 0 Å². The molecule has 0 heterocycles. The van der Waals surface area contributed by atoms with Crippen molar-refractivity contribution in [2.24, 2.45) is 5.92 Å². The van der Waals surface area contributed by atoms with Crippen LogP contribution in [0.1, 0.15) is 32.6 Å². The van der Waals surface area contributed by atoms with Gasteiger partial charge in [-0.3, -0.25) is 4.79 Å². The van der Waals surface area contributed by atoms with E-state index in [4.69, 9.17) is 9.84 Å². The predicted molar refractivity (Wildman–Crippen MR) is 67.1 cm³/mol. The molecule has 4 nitrogen and oxygen atoms in total. The summed E-state index contributed by atoms with van der Waals surface area (Å²) in [5.74, 6) is -0.337. The largest absolute Gasteiger partial charge is 0.481 e. The number of carbonyl (C=O) groups excluding carboxylic acids is 1. The summed E-state index contributed by atoms with van der Waals surface area (Å²) in [6.45, 7) is 1.90. The van der Waals surface area contributed by atoms with Crippen molar-refractivity contribution in [2.75, 3.05) is 5.75 Å². The Labute approximate surface area is 105 Å². The summed E-state index contributed by atoms with van der Waals surface area (Å²) < 4.78 is 5.25. The van der Waals surface area contributed by atoms with Crippen LogP contribution >= 0.6 is 11.8 Å². The highest BCUT2D eigenvalue weighted by Crippen LogP contribution is 2.21. The highest BCUT2D eigenvalue weighted by Gasteiger charge is 2.20. The first-order valence-electron chi connectivity index (χ1n) is 5.86. The molecule has 1 N–H and O–H groups in total. The van der Waals surface area contributed by atoms with Crippen LogP contribution in [0.25, 0.3) is 0 Å². The Balaban J connectivity index is 2.45. The molecule has 1 aliphatic rings. The van der Waals surface area contributed by atoms with Gasteiger partial charge in [0.25, 0.3) is 0 Å². The topological polar surface area (TPSA) is 63.6 Å². The van der Waals surface area contributed by atoms with Crippen molar-refractivity contribution in [1.82, 2.24) is 0 Å². The lowest BCUT2D eigenvalue weighted by Crippen LogP contribution is -2.18. The van der Waals surface area contributed by atoms with Gasteiger partial charge in [0.2, 0.25) is 0 Å². The van der Waals surface area contributed by atoms with E-state index in [2.05, 4.69) is 0 Å². The minimum atomic E-state index is -0.744. The molecule has 0 saturated carbocycles. The Kier molecular flexibility index (Phi) is 6.11. The normalized spacial score (nSPS) is 26.6. The molecule has 0 aromatic rings. The Morgan fingerprint density at radius 3 is 2.88 bits per heavy atom. The second-order valence-corrected chi connectivity index (χ2v) is 5.17. The van der Waals surface area contributed by atoms with Crippen LogP contribution in [0.2, 0.25) is 0 Å². The number of allylic oxidation sites excluding steroid dienone is 1. The van der Waals surface area contributed by atoms with E-state index in [0.29, 0.717) is 25.0 Å². The average molecular weight is 258 g/mol. The first-order chi connectivity index (χ1) is 8.13. The molecule has 0 aliphatic heterocycles. The van der Waals surface area contributed by atoms with Gasteiger partial charge < -0.3 is 9.84 Å². The van der Waals surface area contributed by atoms with Crippen LogP contribution in [0.3, 0.4) is 0 Å². The lowest BCUT2D eigenvalue weighted by Gasteiger charge is -2.18. The number of hydrogen-bond donors (Lipinski definition) is 1. The third-order valence-electron chi connectivity index (χ3n) is 2.67. The zero-order chi connectivity index (χ0) is 12.7. The van der Waals surface area contributed by atoms with Crippen molar-refractivity contribution in [3.05, 3.63) is 12.2 Å². The first-order valence-corrected chi connectivity index (χ1v) is 6.85. The summed E-state index contributed by atoms with van der Waals surface area (Å²) >= 11 is 1.15. The minimum absolute atomic E-state index is 0.198. The zero-order valence-electron chi connectivity index (χ0n) is 9.93. The van der Waals surface area contributed by atoms with E-state index in [1.165, 1.54) is 0 Å². The van der Waals surface area contributed by atoms with Gasteiger partial charge in [-0.25, -0.2) is 4.79 Å². The summed E-state index contributed by atoms with van der Waals surface area (Å²) in [5, 5.41) is 8.66. The van der Waals surface area contributed by atoms with Gasteiger partial charge in [-0.2, -0.15) is 0 Å². The predicted octanol–water partition coefficient (Wildman–Crippen LogP) is 3.08. The average Bonchev–Trinajstić information content (AvgIpc) is 2.21. The van der Waals surface area contributed by atoms with Crippen molar-refractivity contribution in [3.63, 3.8) is 0 Å². The van der Waals surface area contributed by atoms with Crippen LogP contribution in [0, 0.1) is 5.92 Å². The summed E-state index contributed by atoms with van der Waals surface area (Å²) in [6, 6.07) is 0. The van der Waals surface area contributed by atoms with E-state index >= 15 is 0 Å². The molecule has 2 atom stereocenters. The van der Waals surface area contributed by atoms with Crippen molar-refractivity contribution < 1.29 is 19.4 Å². The molecule has 2 unspecified atom stereocenters. The van der Waals surface area contributed by atoms with Crippen LogP contribution in [0.15, 0.2) is 12.2 Å². The molecule has 0 saturated heterocycles. The molecule has 0 amide bonds. The van der Waals surface area contributed by atoms with Gasteiger partial charge in [0.05, 0.1) is 5.92 Å². The van der Waals surface area contributed by atoms with Crippen LogP contribution in [-0.2, 0) is 9.53 Å². The Bertz CT molecular complexity index is 301. The monoisotopic (exact) mass is 258 g/mol. The second kappa shape index (κ2) is 7.37. The molecular formula is C12H18O4S. The maximum Gasteiger partial charge on any atom is 0.367 e.